The smallest absolute Gasteiger partial charge is 0.146 e. The second-order valence-electron chi connectivity index (χ2n) is 4.22. The molecule has 0 spiro atoms. The van der Waals surface area contributed by atoms with E-state index in [1.54, 1.807) is 6.07 Å². The highest BCUT2D eigenvalue weighted by Gasteiger charge is 2.17. The Morgan fingerprint density at radius 1 is 1.47 bits per heavy atom. The molecule has 1 aliphatic heterocycles. The van der Waals surface area contributed by atoms with Crippen molar-refractivity contribution < 1.29 is 4.39 Å². The summed E-state index contributed by atoms with van der Waals surface area (Å²) in [5.41, 5.74) is 0.715. The van der Waals surface area contributed by atoms with Gasteiger partial charge in [-0.25, -0.2) is 4.39 Å². The first-order valence-corrected chi connectivity index (χ1v) is 7.27. The van der Waals surface area contributed by atoms with Crippen molar-refractivity contribution in [1.29, 1.82) is 0 Å². The average molecular weight is 254 g/mol. The molecule has 17 heavy (non-hydrogen) atoms. The van der Waals surface area contributed by atoms with Gasteiger partial charge in [0, 0.05) is 37.2 Å². The quantitative estimate of drug-likeness (QED) is 0.888. The fourth-order valence-corrected chi connectivity index (χ4v) is 3.05. The Hall–Kier alpha value is -0.740. The van der Waals surface area contributed by atoms with Gasteiger partial charge in [-0.15, -0.1) is 0 Å². The van der Waals surface area contributed by atoms with Crippen LogP contribution >= 0.6 is 11.8 Å². The molecule has 1 aromatic rings. The molecular formula is C13H19FN2S. The van der Waals surface area contributed by atoms with Crippen LogP contribution in [0.3, 0.4) is 0 Å². The second kappa shape index (κ2) is 6.26. The van der Waals surface area contributed by atoms with Gasteiger partial charge in [0.2, 0.25) is 0 Å². The second-order valence-corrected chi connectivity index (χ2v) is 5.37. The minimum atomic E-state index is -0.127. The Kier molecular flexibility index (Phi) is 4.68. The number of thioether (sulfide) groups is 1. The molecule has 1 saturated heterocycles. The highest BCUT2D eigenvalue weighted by atomic mass is 32.2. The van der Waals surface area contributed by atoms with Gasteiger partial charge in [0.05, 0.1) is 5.69 Å². The van der Waals surface area contributed by atoms with Gasteiger partial charge in [-0.1, -0.05) is 12.1 Å². The number of anilines is 1. The number of likely N-dealkylation sites (N-methyl/N-ethyl adjacent to an activating group) is 1. The summed E-state index contributed by atoms with van der Waals surface area (Å²) in [6, 6.07) is 7.48. The lowest BCUT2D eigenvalue weighted by Gasteiger charge is -2.31. The van der Waals surface area contributed by atoms with Crippen molar-refractivity contribution in [1.82, 2.24) is 5.32 Å². The Balaban J connectivity index is 2.03. The maximum absolute atomic E-state index is 13.7. The first-order chi connectivity index (χ1) is 8.31. The van der Waals surface area contributed by atoms with Gasteiger partial charge >= 0.3 is 0 Å². The van der Waals surface area contributed by atoms with Crippen LogP contribution in [-0.2, 0) is 0 Å². The largest absolute Gasteiger partial charge is 0.368 e. The zero-order valence-electron chi connectivity index (χ0n) is 10.2. The third kappa shape index (κ3) is 3.36. The minimum Gasteiger partial charge on any atom is -0.368 e. The zero-order valence-corrected chi connectivity index (χ0v) is 11.0. The molecule has 1 aliphatic rings. The lowest BCUT2D eigenvalue weighted by atomic mass is 10.2. The number of hydrogen-bond acceptors (Lipinski definition) is 3. The van der Waals surface area contributed by atoms with E-state index >= 15 is 0 Å². The van der Waals surface area contributed by atoms with Gasteiger partial charge in [0.1, 0.15) is 5.82 Å². The molecule has 1 fully saturated rings. The van der Waals surface area contributed by atoms with Gasteiger partial charge in [-0.05, 0) is 19.1 Å². The molecule has 2 nitrogen and oxygen atoms in total. The number of rotatable bonds is 4. The lowest BCUT2D eigenvalue weighted by Crippen LogP contribution is -2.46. The number of hydrogen-bond donors (Lipinski definition) is 1. The molecule has 1 heterocycles. The van der Waals surface area contributed by atoms with Crippen LogP contribution in [0, 0.1) is 5.82 Å². The molecule has 0 aliphatic carbocycles. The van der Waals surface area contributed by atoms with E-state index in [0.29, 0.717) is 11.7 Å². The molecule has 0 amide bonds. The highest BCUT2D eigenvalue weighted by Crippen LogP contribution is 2.19. The van der Waals surface area contributed by atoms with Crippen molar-refractivity contribution in [2.75, 3.05) is 36.0 Å². The summed E-state index contributed by atoms with van der Waals surface area (Å²) in [5, 5.41) is 3.49. The summed E-state index contributed by atoms with van der Waals surface area (Å²) in [4.78, 5) is 2.11. The zero-order chi connectivity index (χ0) is 12.1. The maximum Gasteiger partial charge on any atom is 0.146 e. The Labute approximate surface area is 107 Å². The standard InChI is InChI=1S/C13H19FN2S/c1-2-16(9-11-10-17-8-7-15-11)13-6-4-3-5-12(13)14/h3-6,11,15H,2,7-10H2,1H3. The van der Waals surface area contributed by atoms with Crippen LogP contribution in [0.1, 0.15) is 6.92 Å². The van der Waals surface area contributed by atoms with Crippen molar-refractivity contribution in [3.05, 3.63) is 30.1 Å². The van der Waals surface area contributed by atoms with Crippen molar-refractivity contribution in [2.24, 2.45) is 0 Å². The van der Waals surface area contributed by atoms with Crippen molar-refractivity contribution in [3.8, 4) is 0 Å². The van der Waals surface area contributed by atoms with Crippen molar-refractivity contribution >= 4 is 17.4 Å². The fraction of sp³-hybridized carbons (Fsp3) is 0.538. The van der Waals surface area contributed by atoms with E-state index in [1.807, 2.05) is 23.9 Å². The van der Waals surface area contributed by atoms with E-state index in [0.717, 1.165) is 25.4 Å². The molecule has 0 aromatic heterocycles. The van der Waals surface area contributed by atoms with Gasteiger partial charge < -0.3 is 10.2 Å². The van der Waals surface area contributed by atoms with E-state index in [9.17, 15) is 4.39 Å². The third-order valence-electron chi connectivity index (χ3n) is 3.01. The van der Waals surface area contributed by atoms with E-state index in [-0.39, 0.29) is 5.82 Å². The number of halogens is 1. The van der Waals surface area contributed by atoms with E-state index in [1.165, 1.54) is 11.8 Å². The molecule has 1 unspecified atom stereocenters. The van der Waals surface area contributed by atoms with Crippen molar-refractivity contribution in [3.63, 3.8) is 0 Å². The molecular weight excluding hydrogens is 235 g/mol. The van der Waals surface area contributed by atoms with Gasteiger partial charge in [-0.3, -0.25) is 0 Å². The molecule has 1 N–H and O–H groups in total. The average Bonchev–Trinajstić information content (AvgIpc) is 2.38. The number of para-hydroxylation sites is 1. The molecule has 4 heteroatoms. The van der Waals surface area contributed by atoms with Crippen LogP contribution in [0.5, 0.6) is 0 Å². The Morgan fingerprint density at radius 3 is 2.94 bits per heavy atom. The molecule has 2 rings (SSSR count). The molecule has 94 valence electrons. The number of nitrogens with zero attached hydrogens (tertiary/aromatic N) is 1. The molecule has 1 atom stereocenters. The van der Waals surface area contributed by atoms with Gasteiger partial charge in [0.15, 0.2) is 0 Å². The molecule has 0 bridgehead atoms. The predicted molar refractivity (Wildman–Crippen MR) is 73.4 cm³/mol. The summed E-state index contributed by atoms with van der Waals surface area (Å²) in [5.74, 6) is 2.17. The summed E-state index contributed by atoms with van der Waals surface area (Å²) in [7, 11) is 0. The van der Waals surface area contributed by atoms with E-state index < -0.39 is 0 Å². The Bertz CT molecular complexity index is 353. The minimum absolute atomic E-state index is 0.127. The van der Waals surface area contributed by atoms with Crippen LogP contribution < -0.4 is 10.2 Å². The SMILES string of the molecule is CCN(CC1CSCCN1)c1ccccc1F. The van der Waals surface area contributed by atoms with Crippen LogP contribution in [0.15, 0.2) is 24.3 Å². The molecule has 0 radical (unpaired) electrons. The lowest BCUT2D eigenvalue weighted by molar-refractivity contribution is 0.545. The van der Waals surface area contributed by atoms with E-state index in [4.69, 9.17) is 0 Å². The summed E-state index contributed by atoms with van der Waals surface area (Å²) in [6.45, 7) is 4.85. The third-order valence-corrected chi connectivity index (χ3v) is 4.14. The normalized spacial score (nSPS) is 20.2. The maximum atomic E-state index is 13.7. The van der Waals surface area contributed by atoms with Crippen LogP contribution in [0.2, 0.25) is 0 Å². The fourth-order valence-electron chi connectivity index (χ4n) is 2.11. The summed E-state index contributed by atoms with van der Waals surface area (Å²) < 4.78 is 13.7. The topological polar surface area (TPSA) is 15.3 Å². The first-order valence-electron chi connectivity index (χ1n) is 6.12. The van der Waals surface area contributed by atoms with Gasteiger partial charge in [-0.2, -0.15) is 11.8 Å². The number of benzene rings is 1. The molecule has 1 aromatic carbocycles. The van der Waals surface area contributed by atoms with E-state index in [2.05, 4.69) is 17.1 Å². The number of nitrogens with one attached hydrogen (secondary N) is 1. The molecule has 0 saturated carbocycles. The highest BCUT2D eigenvalue weighted by molar-refractivity contribution is 7.99. The monoisotopic (exact) mass is 254 g/mol. The van der Waals surface area contributed by atoms with Crippen molar-refractivity contribution in [2.45, 2.75) is 13.0 Å². The van der Waals surface area contributed by atoms with Gasteiger partial charge in [0.25, 0.3) is 0 Å². The summed E-state index contributed by atoms with van der Waals surface area (Å²) >= 11 is 1.97. The Morgan fingerprint density at radius 2 is 2.29 bits per heavy atom. The predicted octanol–water partition coefficient (Wildman–Crippen LogP) is 2.36. The first kappa shape index (κ1) is 12.7. The summed E-state index contributed by atoms with van der Waals surface area (Å²) in [6.07, 6.45) is 0. The van der Waals surface area contributed by atoms with Crippen LogP contribution in [0.25, 0.3) is 0 Å². The van der Waals surface area contributed by atoms with Crippen LogP contribution in [-0.4, -0.2) is 37.2 Å². The van der Waals surface area contributed by atoms with Crippen LogP contribution in [0.4, 0.5) is 10.1 Å².